The van der Waals surface area contributed by atoms with Crippen molar-refractivity contribution in [2.24, 2.45) is 5.16 Å². The molecule has 0 aromatic carbocycles. The third kappa shape index (κ3) is 8.77. The summed E-state index contributed by atoms with van der Waals surface area (Å²) < 4.78 is 15.7. The number of carbonyl (C=O) groups is 5. The summed E-state index contributed by atoms with van der Waals surface area (Å²) in [5, 5.41) is 13.2. The minimum absolute atomic E-state index is 0.00299. The number of rotatable bonds is 9. The Morgan fingerprint density at radius 1 is 1.12 bits per heavy atom. The highest BCUT2D eigenvalue weighted by Gasteiger charge is 2.44. The molecule has 0 radical (unpaired) electrons. The molecule has 2 saturated heterocycles. The molecule has 2 aliphatic rings. The quantitative estimate of drug-likeness (QED) is 0.123. The Morgan fingerprint density at radius 2 is 1.76 bits per heavy atom. The van der Waals surface area contributed by atoms with Gasteiger partial charge in [-0.3, -0.25) is 14.9 Å². The van der Waals surface area contributed by atoms with Gasteiger partial charge in [-0.25, -0.2) is 19.4 Å². The molecule has 3 rings (SSSR count). The van der Waals surface area contributed by atoms with Gasteiger partial charge in [-0.05, 0) is 62.3 Å². The van der Waals surface area contributed by atoms with Crippen molar-refractivity contribution in [3.8, 4) is 0 Å². The Morgan fingerprint density at radius 3 is 2.31 bits per heavy atom. The molecule has 232 valence electrons. The van der Waals surface area contributed by atoms with Crippen molar-refractivity contribution in [2.45, 2.75) is 97.3 Å². The third-order valence-electron chi connectivity index (χ3n) is 5.58. The molecule has 15 nitrogen and oxygen atoms in total. The number of anilines is 1. The fraction of sp³-hybridized carbons (Fsp3) is 0.654. The van der Waals surface area contributed by atoms with Crippen LogP contribution < -0.4 is 16.0 Å². The number of cyclic esters (lactones) is 1. The molecule has 0 spiro atoms. The molecule has 0 aliphatic carbocycles. The molecule has 3 atom stereocenters. The number of carbonyl (C=O) groups excluding carboxylic acids is 5. The van der Waals surface area contributed by atoms with Crippen LogP contribution in [0.25, 0.3) is 0 Å². The van der Waals surface area contributed by atoms with Crippen LogP contribution in [0.2, 0.25) is 0 Å². The van der Waals surface area contributed by atoms with Crippen molar-refractivity contribution in [1.29, 1.82) is 0 Å². The van der Waals surface area contributed by atoms with Gasteiger partial charge in [0.05, 0.1) is 12.6 Å². The molecular weight excluding hydrogens is 572 g/mol. The molecule has 0 unspecified atom stereocenters. The largest absolute Gasteiger partial charge is 0.457 e. The molecule has 1 aromatic heterocycles. The van der Waals surface area contributed by atoms with Crippen LogP contribution in [0, 0.1) is 0 Å². The first-order valence-electron chi connectivity index (χ1n) is 13.3. The number of nitrogens with one attached hydrogen (secondary N) is 3. The average Bonchev–Trinajstić information content (AvgIpc) is 3.40. The number of hydrogen-bond donors (Lipinski definition) is 3. The number of aromatic nitrogens is 1. The minimum Gasteiger partial charge on any atom is -0.457 e. The van der Waals surface area contributed by atoms with E-state index in [4.69, 9.17) is 19.0 Å². The number of oxime groups is 1. The van der Waals surface area contributed by atoms with Crippen molar-refractivity contribution in [1.82, 2.24) is 20.5 Å². The first-order valence-corrected chi connectivity index (χ1v) is 14.1. The Labute approximate surface area is 247 Å². The lowest BCUT2D eigenvalue weighted by Gasteiger charge is -2.38. The zero-order chi connectivity index (χ0) is 31.6. The van der Waals surface area contributed by atoms with Gasteiger partial charge in [-0.15, -0.1) is 11.3 Å². The highest BCUT2D eigenvalue weighted by Crippen LogP contribution is 2.22. The summed E-state index contributed by atoms with van der Waals surface area (Å²) in [6, 6.07) is -1.58. The normalized spacial score (nSPS) is 21.1. The summed E-state index contributed by atoms with van der Waals surface area (Å²) in [5.41, 5.74) is -3.52. The SMILES string of the molecule is C[C@@H]1CN(C[C@H]2NC(=O)[C@H]2NC(=O)/C(=N/OC(C)(C)C(=O)OC(C)(C)C)c2csc(NC(=O)OC(C)(C)C)n2)C(=O)O1. The summed E-state index contributed by atoms with van der Waals surface area (Å²) in [5.74, 6) is -2.03. The fourth-order valence-corrected chi connectivity index (χ4v) is 4.34. The van der Waals surface area contributed by atoms with Crippen LogP contribution in [0.4, 0.5) is 14.7 Å². The predicted octanol–water partition coefficient (Wildman–Crippen LogP) is 2.16. The van der Waals surface area contributed by atoms with E-state index < -0.39 is 58.9 Å². The van der Waals surface area contributed by atoms with Crippen LogP contribution in [-0.4, -0.2) is 93.6 Å². The van der Waals surface area contributed by atoms with Crippen LogP contribution in [0.3, 0.4) is 0 Å². The predicted molar refractivity (Wildman–Crippen MR) is 151 cm³/mol. The van der Waals surface area contributed by atoms with Crippen molar-refractivity contribution >= 4 is 52.2 Å². The summed E-state index contributed by atoms with van der Waals surface area (Å²) in [6.45, 7) is 15.2. The molecule has 42 heavy (non-hydrogen) atoms. The van der Waals surface area contributed by atoms with Gasteiger partial charge in [0, 0.05) is 11.9 Å². The van der Waals surface area contributed by atoms with Gasteiger partial charge < -0.3 is 34.6 Å². The van der Waals surface area contributed by atoms with Gasteiger partial charge in [-0.1, -0.05) is 5.16 Å². The van der Waals surface area contributed by atoms with E-state index in [1.54, 1.807) is 48.5 Å². The van der Waals surface area contributed by atoms with Crippen LogP contribution in [0.1, 0.15) is 68.0 Å². The van der Waals surface area contributed by atoms with E-state index in [-0.39, 0.29) is 29.2 Å². The van der Waals surface area contributed by atoms with E-state index in [0.717, 1.165) is 11.3 Å². The Balaban J connectivity index is 1.82. The van der Waals surface area contributed by atoms with Crippen LogP contribution in [0.15, 0.2) is 10.5 Å². The molecular formula is C26H38N6O9S. The van der Waals surface area contributed by atoms with E-state index >= 15 is 0 Å². The summed E-state index contributed by atoms with van der Waals surface area (Å²) in [4.78, 5) is 73.9. The Bertz CT molecular complexity index is 1260. The Hall–Kier alpha value is -3.95. The number of esters is 1. The zero-order valence-electron chi connectivity index (χ0n) is 25.1. The number of amides is 4. The van der Waals surface area contributed by atoms with Gasteiger partial charge in [0.15, 0.2) is 10.8 Å². The second-order valence-electron chi connectivity index (χ2n) is 12.4. The number of hydrogen-bond acceptors (Lipinski definition) is 12. The first kappa shape index (κ1) is 32.6. The molecule has 1 aromatic rings. The lowest BCUT2D eigenvalue weighted by Crippen LogP contribution is -2.72. The summed E-state index contributed by atoms with van der Waals surface area (Å²) in [7, 11) is 0. The maximum absolute atomic E-state index is 13.5. The maximum atomic E-state index is 13.5. The monoisotopic (exact) mass is 610 g/mol. The highest BCUT2D eigenvalue weighted by molar-refractivity contribution is 7.14. The smallest absolute Gasteiger partial charge is 0.413 e. The van der Waals surface area contributed by atoms with E-state index in [1.165, 1.54) is 24.1 Å². The lowest BCUT2D eigenvalue weighted by atomic mass is 9.98. The third-order valence-corrected chi connectivity index (χ3v) is 6.34. The standard InChI is InChI=1S/C26H38N6O9S/c1-13-10-32(23(37)38-13)11-14-16(18(33)27-14)29-19(34)17(31-41-26(8,9)20(35)39-24(2,3)4)15-12-42-21(28-15)30-22(36)40-25(5,6)7/h12-14,16H,10-11H2,1-9H3,(H,27,33)(H,29,34)(H,28,30,36)/b31-17+/t13-,14-,16+/m1/s1. The van der Waals surface area contributed by atoms with Gasteiger partial charge in [0.1, 0.15) is 29.0 Å². The van der Waals surface area contributed by atoms with E-state index in [0.29, 0.717) is 6.54 Å². The van der Waals surface area contributed by atoms with Crippen molar-refractivity contribution in [2.75, 3.05) is 18.4 Å². The average molecular weight is 611 g/mol. The molecule has 3 N–H and O–H groups in total. The zero-order valence-corrected chi connectivity index (χ0v) is 26.0. The van der Waals surface area contributed by atoms with Gasteiger partial charge >= 0.3 is 18.2 Å². The van der Waals surface area contributed by atoms with Gasteiger partial charge in [0.2, 0.25) is 11.5 Å². The van der Waals surface area contributed by atoms with Crippen LogP contribution in [0.5, 0.6) is 0 Å². The van der Waals surface area contributed by atoms with Crippen molar-refractivity contribution in [3.63, 3.8) is 0 Å². The van der Waals surface area contributed by atoms with E-state index in [2.05, 4.69) is 26.1 Å². The lowest BCUT2D eigenvalue weighted by molar-refractivity contribution is -0.179. The molecule has 2 aliphatic heterocycles. The summed E-state index contributed by atoms with van der Waals surface area (Å²) >= 11 is 0.990. The van der Waals surface area contributed by atoms with Crippen LogP contribution >= 0.6 is 11.3 Å². The highest BCUT2D eigenvalue weighted by atomic mass is 32.1. The topological polar surface area (TPSA) is 187 Å². The van der Waals surface area contributed by atoms with Gasteiger partial charge in [0.25, 0.3) is 5.91 Å². The Kier molecular flexibility index (Phi) is 9.39. The fourth-order valence-electron chi connectivity index (χ4n) is 3.66. The molecule has 0 saturated carbocycles. The first-order chi connectivity index (χ1) is 19.2. The van der Waals surface area contributed by atoms with E-state index in [1.807, 2.05) is 0 Å². The number of ether oxygens (including phenoxy) is 3. The van der Waals surface area contributed by atoms with Crippen molar-refractivity contribution < 1.29 is 43.0 Å². The van der Waals surface area contributed by atoms with Gasteiger partial charge in [-0.2, -0.15) is 0 Å². The second-order valence-corrected chi connectivity index (χ2v) is 13.2. The number of β-lactam (4-membered cyclic amide) rings is 1. The molecule has 4 amide bonds. The number of thiazole rings is 1. The molecule has 3 heterocycles. The molecule has 2 fully saturated rings. The molecule has 0 bridgehead atoms. The minimum atomic E-state index is -1.60. The second kappa shape index (κ2) is 12.1. The maximum Gasteiger partial charge on any atom is 0.413 e. The van der Waals surface area contributed by atoms with Crippen LogP contribution in [-0.2, 0) is 33.4 Å². The van der Waals surface area contributed by atoms with Crippen molar-refractivity contribution in [3.05, 3.63) is 11.1 Å². The molecule has 16 heteroatoms. The van der Waals surface area contributed by atoms with E-state index in [9.17, 15) is 24.0 Å². The number of nitrogens with zero attached hydrogens (tertiary/aromatic N) is 3. The summed E-state index contributed by atoms with van der Waals surface area (Å²) in [6.07, 6.45) is -1.56.